The van der Waals surface area contributed by atoms with Crippen LogP contribution in [0.5, 0.6) is 0 Å². The van der Waals surface area contributed by atoms with Gasteiger partial charge in [0.1, 0.15) is 5.78 Å². The Morgan fingerprint density at radius 1 is 0.929 bits per heavy atom. The summed E-state index contributed by atoms with van der Waals surface area (Å²) in [7, 11) is 0. The zero-order valence-electron chi connectivity index (χ0n) is 8.93. The van der Waals surface area contributed by atoms with E-state index in [0.717, 1.165) is 18.3 Å². The standard InChI is InChI=1S/C13H20O/c14-12-8-7-11-5-2-1-4-10-6-3-9-13(10,11)12/h10-11H,1-9H2. The predicted octanol–water partition coefficient (Wildman–Crippen LogP) is 3.33. The number of hydrogen-bond donors (Lipinski definition) is 0. The number of Topliss-reactive ketones (excluding diaryl/α,β-unsaturated/α-hetero) is 1. The van der Waals surface area contributed by atoms with Crippen molar-refractivity contribution in [3.63, 3.8) is 0 Å². The minimum atomic E-state index is 0.205. The molecule has 3 unspecified atom stereocenters. The first-order valence-electron chi connectivity index (χ1n) is 6.37. The molecule has 0 aromatic rings. The summed E-state index contributed by atoms with van der Waals surface area (Å²) >= 11 is 0. The molecule has 0 aromatic carbocycles. The minimum absolute atomic E-state index is 0.205. The summed E-state index contributed by atoms with van der Waals surface area (Å²) < 4.78 is 0. The van der Waals surface area contributed by atoms with Gasteiger partial charge in [0.2, 0.25) is 0 Å². The quantitative estimate of drug-likeness (QED) is 0.575. The molecule has 3 aliphatic carbocycles. The van der Waals surface area contributed by atoms with Crippen molar-refractivity contribution in [1.29, 1.82) is 0 Å². The summed E-state index contributed by atoms with van der Waals surface area (Å²) in [6.45, 7) is 0. The molecule has 1 heteroatoms. The number of rotatable bonds is 0. The highest BCUT2D eigenvalue weighted by Gasteiger charge is 2.56. The molecule has 14 heavy (non-hydrogen) atoms. The van der Waals surface area contributed by atoms with Gasteiger partial charge in [0.15, 0.2) is 0 Å². The smallest absolute Gasteiger partial charge is 0.139 e. The van der Waals surface area contributed by atoms with Gasteiger partial charge in [-0.3, -0.25) is 4.79 Å². The molecule has 3 fully saturated rings. The van der Waals surface area contributed by atoms with Gasteiger partial charge in [-0.2, -0.15) is 0 Å². The van der Waals surface area contributed by atoms with Crippen LogP contribution in [0.25, 0.3) is 0 Å². The Morgan fingerprint density at radius 3 is 2.36 bits per heavy atom. The molecule has 0 saturated heterocycles. The van der Waals surface area contributed by atoms with Crippen LogP contribution in [0.3, 0.4) is 0 Å². The van der Waals surface area contributed by atoms with Crippen LogP contribution in [-0.4, -0.2) is 5.78 Å². The lowest BCUT2D eigenvalue weighted by Crippen LogP contribution is -2.35. The number of hydrogen-bond acceptors (Lipinski definition) is 1. The molecular weight excluding hydrogens is 172 g/mol. The van der Waals surface area contributed by atoms with E-state index in [4.69, 9.17) is 0 Å². The number of carbonyl (C=O) groups excluding carboxylic acids is 1. The summed E-state index contributed by atoms with van der Waals surface area (Å²) in [4.78, 5) is 12.2. The third kappa shape index (κ3) is 0.988. The Morgan fingerprint density at radius 2 is 1.57 bits per heavy atom. The van der Waals surface area contributed by atoms with Gasteiger partial charge < -0.3 is 0 Å². The molecule has 3 saturated carbocycles. The van der Waals surface area contributed by atoms with Crippen molar-refractivity contribution in [3.8, 4) is 0 Å². The summed E-state index contributed by atoms with van der Waals surface area (Å²) in [6.07, 6.45) is 11.5. The maximum Gasteiger partial charge on any atom is 0.139 e. The highest BCUT2D eigenvalue weighted by Crippen LogP contribution is 2.59. The zero-order valence-corrected chi connectivity index (χ0v) is 8.93. The van der Waals surface area contributed by atoms with E-state index in [9.17, 15) is 4.79 Å². The Kier molecular flexibility index (Phi) is 1.97. The Bertz CT molecular complexity index is 248. The van der Waals surface area contributed by atoms with E-state index in [0.29, 0.717) is 5.78 Å². The van der Waals surface area contributed by atoms with E-state index < -0.39 is 0 Å². The van der Waals surface area contributed by atoms with E-state index in [-0.39, 0.29) is 5.41 Å². The van der Waals surface area contributed by atoms with E-state index in [1.807, 2.05) is 0 Å². The van der Waals surface area contributed by atoms with Gasteiger partial charge in [0.25, 0.3) is 0 Å². The molecule has 1 nitrogen and oxygen atoms in total. The summed E-state index contributed by atoms with van der Waals surface area (Å²) in [5.74, 6) is 2.21. The second kappa shape index (κ2) is 3.08. The first-order valence-corrected chi connectivity index (χ1v) is 6.37. The van der Waals surface area contributed by atoms with Crippen molar-refractivity contribution in [2.24, 2.45) is 17.3 Å². The monoisotopic (exact) mass is 192 g/mol. The van der Waals surface area contributed by atoms with Crippen molar-refractivity contribution in [2.75, 3.05) is 0 Å². The lowest BCUT2D eigenvalue weighted by atomic mass is 9.69. The predicted molar refractivity (Wildman–Crippen MR) is 56.0 cm³/mol. The summed E-state index contributed by atoms with van der Waals surface area (Å²) in [5, 5.41) is 0. The molecule has 0 heterocycles. The first kappa shape index (κ1) is 8.94. The van der Waals surface area contributed by atoms with Gasteiger partial charge in [-0.1, -0.05) is 19.3 Å². The van der Waals surface area contributed by atoms with Crippen LogP contribution >= 0.6 is 0 Å². The van der Waals surface area contributed by atoms with Crippen LogP contribution in [-0.2, 0) is 4.79 Å². The fourth-order valence-electron chi connectivity index (χ4n) is 4.62. The fourth-order valence-corrected chi connectivity index (χ4v) is 4.62. The highest BCUT2D eigenvalue weighted by atomic mass is 16.1. The molecule has 0 radical (unpaired) electrons. The van der Waals surface area contributed by atoms with Gasteiger partial charge in [0, 0.05) is 11.8 Å². The Labute approximate surface area is 86.3 Å². The first-order chi connectivity index (χ1) is 6.84. The van der Waals surface area contributed by atoms with Crippen LogP contribution in [0.4, 0.5) is 0 Å². The van der Waals surface area contributed by atoms with E-state index in [1.54, 1.807) is 0 Å². The molecule has 3 atom stereocenters. The molecule has 78 valence electrons. The lowest BCUT2D eigenvalue weighted by Gasteiger charge is -2.33. The van der Waals surface area contributed by atoms with Crippen LogP contribution in [0.1, 0.15) is 57.8 Å². The van der Waals surface area contributed by atoms with Gasteiger partial charge >= 0.3 is 0 Å². The fraction of sp³-hybridized carbons (Fsp3) is 0.923. The minimum Gasteiger partial charge on any atom is -0.299 e. The summed E-state index contributed by atoms with van der Waals surface area (Å²) in [5.41, 5.74) is 0.205. The Balaban J connectivity index is 2.00. The van der Waals surface area contributed by atoms with E-state index in [1.165, 1.54) is 51.4 Å². The topological polar surface area (TPSA) is 17.1 Å². The lowest BCUT2D eigenvalue weighted by molar-refractivity contribution is -0.129. The average Bonchev–Trinajstić information content (AvgIpc) is 2.69. The third-order valence-corrected chi connectivity index (χ3v) is 5.19. The maximum absolute atomic E-state index is 12.2. The second-order valence-electron chi connectivity index (χ2n) is 5.57. The molecule has 0 aliphatic heterocycles. The van der Waals surface area contributed by atoms with Gasteiger partial charge in [0.05, 0.1) is 0 Å². The molecule has 0 amide bonds. The molecule has 1 spiro atoms. The molecule has 0 aromatic heterocycles. The highest BCUT2D eigenvalue weighted by molar-refractivity contribution is 5.88. The maximum atomic E-state index is 12.2. The molecule has 3 rings (SSSR count). The third-order valence-electron chi connectivity index (χ3n) is 5.19. The van der Waals surface area contributed by atoms with Crippen molar-refractivity contribution in [2.45, 2.75) is 57.8 Å². The van der Waals surface area contributed by atoms with Crippen molar-refractivity contribution in [3.05, 3.63) is 0 Å². The van der Waals surface area contributed by atoms with Gasteiger partial charge in [-0.25, -0.2) is 0 Å². The normalized spacial score (nSPS) is 47.3. The number of carbonyl (C=O) groups is 1. The SMILES string of the molecule is O=C1CCC2CCCCC3CCCC132. The van der Waals surface area contributed by atoms with E-state index in [2.05, 4.69) is 0 Å². The largest absolute Gasteiger partial charge is 0.299 e. The average molecular weight is 192 g/mol. The molecule has 0 bridgehead atoms. The van der Waals surface area contributed by atoms with Crippen LogP contribution in [0.2, 0.25) is 0 Å². The molecule has 3 aliphatic rings. The molecular formula is C13H20O. The van der Waals surface area contributed by atoms with Crippen molar-refractivity contribution in [1.82, 2.24) is 0 Å². The van der Waals surface area contributed by atoms with Crippen molar-refractivity contribution >= 4 is 5.78 Å². The Hall–Kier alpha value is -0.330. The second-order valence-corrected chi connectivity index (χ2v) is 5.57. The van der Waals surface area contributed by atoms with E-state index >= 15 is 0 Å². The molecule has 0 N–H and O–H groups in total. The zero-order chi connectivity index (χ0) is 9.60. The van der Waals surface area contributed by atoms with Gasteiger partial charge in [-0.15, -0.1) is 0 Å². The number of ketones is 1. The van der Waals surface area contributed by atoms with Gasteiger partial charge in [-0.05, 0) is 43.9 Å². The van der Waals surface area contributed by atoms with Crippen LogP contribution < -0.4 is 0 Å². The summed E-state index contributed by atoms with van der Waals surface area (Å²) in [6, 6.07) is 0. The van der Waals surface area contributed by atoms with Crippen LogP contribution in [0.15, 0.2) is 0 Å². The van der Waals surface area contributed by atoms with Crippen molar-refractivity contribution < 1.29 is 4.79 Å². The van der Waals surface area contributed by atoms with Crippen LogP contribution in [0, 0.1) is 17.3 Å².